The molecule has 0 spiro atoms. The molecule has 3 N–H and O–H groups in total. The summed E-state index contributed by atoms with van der Waals surface area (Å²) in [5, 5.41) is 3.83. The zero-order chi connectivity index (χ0) is 11.8. The molecule has 1 aromatic carbocycles. The molecule has 4 heteroatoms. The average molecular weight is 230 g/mol. The molecule has 1 saturated carbocycles. The number of fused-ring (bicyclic) bond motifs is 1. The van der Waals surface area contributed by atoms with Gasteiger partial charge in [0.05, 0.1) is 5.69 Å². The van der Waals surface area contributed by atoms with Gasteiger partial charge in [-0.25, -0.2) is 0 Å². The van der Waals surface area contributed by atoms with E-state index in [4.69, 9.17) is 10.2 Å². The number of amides is 1. The van der Waals surface area contributed by atoms with Crippen LogP contribution in [0.2, 0.25) is 0 Å². The van der Waals surface area contributed by atoms with Crippen LogP contribution >= 0.6 is 0 Å². The minimum Gasteiger partial charge on any atom is -0.462 e. The Labute approximate surface area is 98.8 Å². The van der Waals surface area contributed by atoms with Crippen LogP contribution in [-0.2, 0) is 4.79 Å². The Hall–Kier alpha value is -1.81. The van der Waals surface area contributed by atoms with Gasteiger partial charge in [-0.2, -0.15) is 0 Å². The fraction of sp³-hybridized carbons (Fsp3) is 0.308. The second-order valence-corrected chi connectivity index (χ2v) is 4.56. The van der Waals surface area contributed by atoms with E-state index in [1.165, 1.54) is 0 Å². The number of rotatable bonds is 2. The van der Waals surface area contributed by atoms with Crippen molar-refractivity contribution < 1.29 is 9.21 Å². The first kappa shape index (κ1) is 10.4. The molecule has 0 aliphatic heterocycles. The van der Waals surface area contributed by atoms with E-state index < -0.39 is 0 Å². The zero-order valence-corrected chi connectivity index (χ0v) is 9.35. The molecule has 1 aliphatic carbocycles. The van der Waals surface area contributed by atoms with Gasteiger partial charge in [0.1, 0.15) is 11.8 Å². The maximum Gasteiger partial charge on any atom is 0.227 e. The van der Waals surface area contributed by atoms with Crippen molar-refractivity contribution in [3.63, 3.8) is 0 Å². The highest BCUT2D eigenvalue weighted by molar-refractivity contribution is 6.01. The molecule has 1 amide bonds. The number of carbonyl (C=O) groups excluding carboxylic acids is 1. The van der Waals surface area contributed by atoms with Gasteiger partial charge in [0, 0.05) is 17.3 Å². The molecule has 17 heavy (non-hydrogen) atoms. The third-order valence-corrected chi connectivity index (χ3v) is 3.28. The number of furan rings is 1. The number of hydrogen-bond donors (Lipinski definition) is 2. The van der Waals surface area contributed by atoms with Crippen LogP contribution in [0.3, 0.4) is 0 Å². The maximum atomic E-state index is 11.9. The lowest BCUT2D eigenvalue weighted by Gasteiger charge is -2.30. The van der Waals surface area contributed by atoms with Crippen molar-refractivity contribution in [2.75, 3.05) is 5.32 Å². The summed E-state index contributed by atoms with van der Waals surface area (Å²) in [7, 11) is 0. The van der Waals surface area contributed by atoms with Crippen molar-refractivity contribution in [1.82, 2.24) is 0 Å². The molecule has 3 rings (SSSR count). The van der Waals surface area contributed by atoms with Gasteiger partial charge in [0.15, 0.2) is 0 Å². The molecule has 2 aromatic rings. The van der Waals surface area contributed by atoms with E-state index in [1.54, 1.807) is 6.26 Å². The third-order valence-electron chi connectivity index (χ3n) is 3.28. The van der Waals surface area contributed by atoms with E-state index in [-0.39, 0.29) is 17.9 Å². The Morgan fingerprint density at radius 1 is 1.35 bits per heavy atom. The van der Waals surface area contributed by atoms with Gasteiger partial charge in [-0.05, 0) is 25.0 Å². The summed E-state index contributed by atoms with van der Waals surface area (Å²) in [6.07, 6.45) is 3.14. The van der Waals surface area contributed by atoms with Crippen molar-refractivity contribution in [3.8, 4) is 0 Å². The predicted molar refractivity (Wildman–Crippen MR) is 65.5 cm³/mol. The molecule has 1 fully saturated rings. The standard InChI is InChI=1S/C13H14N2O2/c14-9-5-8(6-9)13(16)15-11-7-17-12-4-2-1-3-10(11)12/h1-4,7-9H,5-6,14H2,(H,15,16). The van der Waals surface area contributed by atoms with E-state index in [0.717, 1.165) is 29.5 Å². The fourth-order valence-corrected chi connectivity index (χ4v) is 2.19. The van der Waals surface area contributed by atoms with Crippen LogP contribution in [0, 0.1) is 5.92 Å². The van der Waals surface area contributed by atoms with Crippen LogP contribution in [0.25, 0.3) is 11.0 Å². The van der Waals surface area contributed by atoms with Crippen LogP contribution in [-0.4, -0.2) is 11.9 Å². The SMILES string of the molecule is NC1CC(C(=O)Nc2coc3ccccc23)C1. The summed E-state index contributed by atoms with van der Waals surface area (Å²) in [6, 6.07) is 7.83. The Morgan fingerprint density at radius 3 is 2.88 bits per heavy atom. The summed E-state index contributed by atoms with van der Waals surface area (Å²) in [4.78, 5) is 11.9. The maximum absolute atomic E-state index is 11.9. The molecular weight excluding hydrogens is 216 g/mol. The molecule has 4 nitrogen and oxygen atoms in total. The number of benzene rings is 1. The highest BCUT2D eigenvalue weighted by atomic mass is 16.3. The van der Waals surface area contributed by atoms with Gasteiger partial charge < -0.3 is 15.5 Å². The van der Waals surface area contributed by atoms with Crippen LogP contribution in [0.4, 0.5) is 5.69 Å². The number of carbonyl (C=O) groups is 1. The van der Waals surface area contributed by atoms with Crippen molar-refractivity contribution in [2.24, 2.45) is 11.7 Å². The van der Waals surface area contributed by atoms with E-state index in [9.17, 15) is 4.79 Å². The van der Waals surface area contributed by atoms with Crippen LogP contribution in [0.5, 0.6) is 0 Å². The van der Waals surface area contributed by atoms with Crippen LogP contribution < -0.4 is 11.1 Å². The minimum absolute atomic E-state index is 0.0400. The number of hydrogen-bond acceptors (Lipinski definition) is 3. The number of para-hydroxylation sites is 1. The second kappa shape index (κ2) is 3.89. The Morgan fingerprint density at radius 2 is 2.12 bits per heavy atom. The fourth-order valence-electron chi connectivity index (χ4n) is 2.19. The summed E-state index contributed by atoms with van der Waals surface area (Å²) < 4.78 is 5.36. The Bertz CT molecular complexity index is 555. The predicted octanol–water partition coefficient (Wildman–Crippen LogP) is 2.11. The summed E-state index contributed by atoms with van der Waals surface area (Å²) in [5.41, 5.74) is 7.20. The normalized spacial score (nSPS) is 23.4. The third kappa shape index (κ3) is 1.80. The topological polar surface area (TPSA) is 68.3 Å². The quantitative estimate of drug-likeness (QED) is 0.830. The van der Waals surface area contributed by atoms with E-state index in [2.05, 4.69) is 5.32 Å². The van der Waals surface area contributed by atoms with Gasteiger partial charge in [-0.1, -0.05) is 12.1 Å². The molecule has 0 bridgehead atoms. The van der Waals surface area contributed by atoms with Gasteiger partial charge >= 0.3 is 0 Å². The summed E-state index contributed by atoms with van der Waals surface area (Å²) >= 11 is 0. The molecule has 0 atom stereocenters. The second-order valence-electron chi connectivity index (χ2n) is 4.56. The lowest BCUT2D eigenvalue weighted by atomic mass is 9.80. The Kier molecular flexibility index (Phi) is 2.37. The molecular formula is C13H14N2O2. The monoisotopic (exact) mass is 230 g/mol. The van der Waals surface area contributed by atoms with E-state index in [1.807, 2.05) is 24.3 Å². The first-order valence-corrected chi connectivity index (χ1v) is 5.76. The van der Waals surface area contributed by atoms with Gasteiger partial charge in [-0.3, -0.25) is 4.79 Å². The van der Waals surface area contributed by atoms with Crippen molar-refractivity contribution >= 4 is 22.6 Å². The van der Waals surface area contributed by atoms with Crippen molar-refractivity contribution in [2.45, 2.75) is 18.9 Å². The zero-order valence-electron chi connectivity index (χ0n) is 9.35. The molecule has 1 heterocycles. The van der Waals surface area contributed by atoms with Gasteiger partial charge in [-0.15, -0.1) is 0 Å². The van der Waals surface area contributed by atoms with Gasteiger partial charge in [0.25, 0.3) is 0 Å². The first-order chi connectivity index (χ1) is 8.24. The van der Waals surface area contributed by atoms with E-state index in [0.29, 0.717) is 0 Å². The largest absolute Gasteiger partial charge is 0.462 e. The number of nitrogens with two attached hydrogens (primary N) is 1. The minimum atomic E-state index is 0.0400. The smallest absolute Gasteiger partial charge is 0.227 e. The van der Waals surface area contributed by atoms with Crippen LogP contribution in [0.15, 0.2) is 34.9 Å². The van der Waals surface area contributed by atoms with Crippen molar-refractivity contribution in [3.05, 3.63) is 30.5 Å². The van der Waals surface area contributed by atoms with Gasteiger partial charge in [0.2, 0.25) is 5.91 Å². The highest BCUT2D eigenvalue weighted by Crippen LogP contribution is 2.30. The average Bonchev–Trinajstić information content (AvgIpc) is 2.69. The lowest BCUT2D eigenvalue weighted by molar-refractivity contribution is -0.122. The van der Waals surface area contributed by atoms with Crippen molar-refractivity contribution in [1.29, 1.82) is 0 Å². The molecule has 1 aromatic heterocycles. The summed E-state index contributed by atoms with van der Waals surface area (Å²) in [6.45, 7) is 0. The molecule has 0 saturated heterocycles. The number of anilines is 1. The summed E-state index contributed by atoms with van der Waals surface area (Å²) in [5.74, 6) is 0.0944. The molecule has 1 aliphatic rings. The Balaban J connectivity index is 1.78. The van der Waals surface area contributed by atoms with Crippen LogP contribution in [0.1, 0.15) is 12.8 Å². The number of nitrogens with one attached hydrogen (secondary N) is 1. The van der Waals surface area contributed by atoms with E-state index >= 15 is 0 Å². The first-order valence-electron chi connectivity index (χ1n) is 5.76. The molecule has 0 unspecified atom stereocenters. The highest BCUT2D eigenvalue weighted by Gasteiger charge is 2.32. The lowest BCUT2D eigenvalue weighted by Crippen LogP contribution is -2.42. The molecule has 0 radical (unpaired) electrons. The molecule has 88 valence electrons.